The molecule has 0 bridgehead atoms. The van der Waals surface area contributed by atoms with Gasteiger partial charge in [-0.25, -0.2) is 13.2 Å². The van der Waals surface area contributed by atoms with Crippen LogP contribution in [0.3, 0.4) is 0 Å². The van der Waals surface area contributed by atoms with Crippen molar-refractivity contribution in [3.63, 3.8) is 0 Å². The Morgan fingerprint density at radius 2 is 1.52 bits per heavy atom. The Morgan fingerprint density at radius 1 is 0.812 bits per heavy atom. The van der Waals surface area contributed by atoms with Crippen molar-refractivity contribution in [3.05, 3.63) is 107 Å². The number of nitrogens with one attached hydrogen (secondary N) is 3. The first-order valence-corrected chi connectivity index (χ1v) is 17.2. The molecule has 0 aliphatic rings. The second-order valence-electron chi connectivity index (χ2n) is 12.5. The number of carbonyl (C=O) groups excluding carboxylic acids is 1. The molecule has 4 aromatic carbocycles. The molecule has 48 heavy (non-hydrogen) atoms. The van der Waals surface area contributed by atoms with E-state index in [0.717, 1.165) is 45.2 Å². The number of benzene rings is 4. The topological polar surface area (TPSA) is 128 Å². The van der Waals surface area contributed by atoms with Crippen molar-refractivity contribution in [2.75, 3.05) is 35.8 Å². The van der Waals surface area contributed by atoms with Gasteiger partial charge in [-0.05, 0) is 65.4 Å². The quantitative estimate of drug-likeness (QED) is 0.137. The van der Waals surface area contributed by atoms with Gasteiger partial charge in [0.05, 0.1) is 37.5 Å². The van der Waals surface area contributed by atoms with Gasteiger partial charge in [-0.1, -0.05) is 57.2 Å². The third kappa shape index (κ3) is 8.16. The van der Waals surface area contributed by atoms with Crippen LogP contribution in [0.1, 0.15) is 43.2 Å². The van der Waals surface area contributed by atoms with Gasteiger partial charge in [0.15, 0.2) is 5.75 Å². The van der Waals surface area contributed by atoms with Crippen molar-refractivity contribution in [2.24, 2.45) is 0 Å². The highest BCUT2D eigenvalue weighted by Gasteiger charge is 2.22. The fourth-order valence-electron chi connectivity index (χ4n) is 5.32. The number of pyridine rings is 1. The van der Waals surface area contributed by atoms with Crippen LogP contribution in [-0.2, 0) is 21.9 Å². The molecule has 3 N–H and O–H groups in total. The number of aryl methyl sites for hydroxylation is 1. The van der Waals surface area contributed by atoms with E-state index in [1.165, 1.54) is 7.11 Å². The number of anilines is 3. The number of aromatic nitrogens is 1. The minimum absolute atomic E-state index is 0.190. The Labute approximate surface area is 281 Å². The first-order chi connectivity index (χ1) is 22.7. The van der Waals surface area contributed by atoms with Crippen molar-refractivity contribution in [3.8, 4) is 23.0 Å². The molecule has 0 aliphatic heterocycles. The average molecular weight is 669 g/mol. The molecule has 5 rings (SSSR count). The molecule has 0 aliphatic carbocycles. The van der Waals surface area contributed by atoms with Crippen molar-refractivity contribution in [1.29, 1.82) is 0 Å². The lowest BCUT2D eigenvalue weighted by Crippen LogP contribution is -2.22. The molecular formula is C37H40N4O6S. The Balaban J connectivity index is 1.39. The summed E-state index contributed by atoms with van der Waals surface area (Å²) in [4.78, 5) is 17.9. The molecule has 5 aromatic rings. The number of ether oxygens (including phenoxy) is 3. The van der Waals surface area contributed by atoms with Crippen LogP contribution in [0.4, 0.5) is 21.9 Å². The van der Waals surface area contributed by atoms with Gasteiger partial charge in [-0.3, -0.25) is 9.71 Å². The second-order valence-corrected chi connectivity index (χ2v) is 14.3. The van der Waals surface area contributed by atoms with Crippen LogP contribution in [0.15, 0.2) is 85.1 Å². The molecule has 0 fully saturated rings. The summed E-state index contributed by atoms with van der Waals surface area (Å²) < 4.78 is 44.1. The summed E-state index contributed by atoms with van der Waals surface area (Å²) in [5.41, 5.74) is 4.55. The number of sulfonamides is 1. The molecule has 2 amide bonds. The van der Waals surface area contributed by atoms with Crippen molar-refractivity contribution >= 4 is 43.9 Å². The first kappa shape index (κ1) is 34.1. The molecule has 11 heteroatoms. The Bertz CT molecular complexity index is 2090. The summed E-state index contributed by atoms with van der Waals surface area (Å²) in [5.74, 6) is 2.27. The maximum Gasteiger partial charge on any atom is 0.323 e. The van der Waals surface area contributed by atoms with Gasteiger partial charge in [0, 0.05) is 35.2 Å². The van der Waals surface area contributed by atoms with E-state index in [1.54, 1.807) is 43.6 Å². The lowest BCUT2D eigenvalue weighted by atomic mass is 9.86. The van der Waals surface area contributed by atoms with Gasteiger partial charge in [0.25, 0.3) is 0 Å². The number of urea groups is 1. The predicted octanol–water partition coefficient (Wildman–Crippen LogP) is 8.26. The van der Waals surface area contributed by atoms with Crippen LogP contribution >= 0.6 is 0 Å². The summed E-state index contributed by atoms with van der Waals surface area (Å²) in [6.45, 7) is 7.99. The maximum atomic E-state index is 13.4. The molecule has 10 nitrogen and oxygen atoms in total. The maximum absolute atomic E-state index is 13.4. The van der Waals surface area contributed by atoms with Gasteiger partial charge in [-0.15, -0.1) is 0 Å². The summed E-state index contributed by atoms with van der Waals surface area (Å²) in [5, 5.41) is 7.34. The number of methoxy groups -OCH3 is 2. The number of carbonyl (C=O) groups is 1. The van der Waals surface area contributed by atoms with Gasteiger partial charge >= 0.3 is 6.03 Å². The van der Waals surface area contributed by atoms with Crippen molar-refractivity contribution < 1.29 is 27.4 Å². The van der Waals surface area contributed by atoms with Crippen LogP contribution in [0.2, 0.25) is 0 Å². The van der Waals surface area contributed by atoms with E-state index in [9.17, 15) is 13.2 Å². The van der Waals surface area contributed by atoms with Crippen LogP contribution in [-0.4, -0.2) is 39.9 Å². The molecule has 0 atom stereocenters. The third-order valence-electron chi connectivity index (χ3n) is 7.71. The van der Waals surface area contributed by atoms with Gasteiger partial charge < -0.3 is 24.8 Å². The average Bonchev–Trinajstić information content (AvgIpc) is 3.02. The zero-order valence-electron chi connectivity index (χ0n) is 28.1. The largest absolute Gasteiger partial charge is 0.496 e. The van der Waals surface area contributed by atoms with Crippen LogP contribution in [0, 0.1) is 6.92 Å². The van der Waals surface area contributed by atoms with E-state index in [0.29, 0.717) is 29.3 Å². The highest BCUT2D eigenvalue weighted by molar-refractivity contribution is 7.92. The van der Waals surface area contributed by atoms with Gasteiger partial charge in [0.1, 0.15) is 17.2 Å². The SMILES string of the molecule is COc1cc(Cc2cc(Oc3ccc(NC(=O)Nc4cc(C(C)(C)C)cc(NS(C)(=O)=O)c4OC)c4ccccc34)ccn2)ccc1C. The van der Waals surface area contributed by atoms with E-state index in [2.05, 4.69) is 26.4 Å². The second kappa shape index (κ2) is 13.8. The predicted molar refractivity (Wildman–Crippen MR) is 192 cm³/mol. The number of fused-ring (bicyclic) bond motifs is 1. The monoisotopic (exact) mass is 668 g/mol. The lowest BCUT2D eigenvalue weighted by Gasteiger charge is -2.24. The molecule has 250 valence electrons. The molecule has 1 aromatic heterocycles. The van der Waals surface area contributed by atoms with Crippen molar-refractivity contribution in [2.45, 2.75) is 39.5 Å². The molecule has 0 saturated heterocycles. The zero-order valence-corrected chi connectivity index (χ0v) is 28.9. The number of hydrogen-bond acceptors (Lipinski definition) is 7. The van der Waals surface area contributed by atoms with Gasteiger partial charge in [-0.2, -0.15) is 0 Å². The Hall–Kier alpha value is -5.29. The van der Waals surface area contributed by atoms with Crippen LogP contribution in [0.5, 0.6) is 23.0 Å². The van der Waals surface area contributed by atoms with Crippen LogP contribution < -0.4 is 29.6 Å². The molecular weight excluding hydrogens is 628 g/mol. The number of amides is 2. The molecule has 0 radical (unpaired) electrons. The van der Waals surface area contributed by atoms with Gasteiger partial charge in [0.2, 0.25) is 10.0 Å². The Kier molecular flexibility index (Phi) is 9.81. The fraction of sp³-hybridized carbons (Fsp3) is 0.243. The molecule has 0 unspecified atom stereocenters. The number of hydrogen-bond donors (Lipinski definition) is 3. The fourth-order valence-corrected chi connectivity index (χ4v) is 5.87. The summed E-state index contributed by atoms with van der Waals surface area (Å²) in [6, 6.07) is 24.0. The van der Waals surface area contributed by atoms with E-state index in [4.69, 9.17) is 14.2 Å². The smallest absolute Gasteiger partial charge is 0.323 e. The summed E-state index contributed by atoms with van der Waals surface area (Å²) in [6.07, 6.45) is 3.39. The summed E-state index contributed by atoms with van der Waals surface area (Å²) >= 11 is 0. The minimum atomic E-state index is -3.62. The minimum Gasteiger partial charge on any atom is -0.496 e. The van der Waals surface area contributed by atoms with E-state index in [-0.39, 0.29) is 16.9 Å². The number of nitrogens with zero attached hydrogens (tertiary/aromatic N) is 1. The number of rotatable bonds is 10. The third-order valence-corrected chi connectivity index (χ3v) is 8.30. The first-order valence-electron chi connectivity index (χ1n) is 15.3. The zero-order chi connectivity index (χ0) is 34.6. The highest BCUT2D eigenvalue weighted by atomic mass is 32.2. The normalized spacial score (nSPS) is 11.6. The van der Waals surface area contributed by atoms with E-state index >= 15 is 0 Å². The lowest BCUT2D eigenvalue weighted by molar-refractivity contribution is 0.262. The Morgan fingerprint density at radius 3 is 2.21 bits per heavy atom. The molecule has 1 heterocycles. The van der Waals surface area contributed by atoms with E-state index in [1.807, 2.05) is 70.2 Å². The molecule has 0 saturated carbocycles. The highest BCUT2D eigenvalue weighted by Crippen LogP contribution is 2.40. The standard InChI is InChI=1S/C37H40N4O6S/c1-23-12-13-24(19-34(23)45-5)18-26-22-27(16-17-38-26)47-33-15-14-30(28-10-8-9-11-29(28)33)39-36(42)40-31-20-25(37(2,3)4)21-32(35(31)46-6)41-48(7,43)44/h8-17,19-22,41H,18H2,1-7H3,(H2,39,40,42). The van der Waals surface area contributed by atoms with E-state index < -0.39 is 16.1 Å². The van der Waals surface area contributed by atoms with Crippen molar-refractivity contribution in [1.82, 2.24) is 4.98 Å². The summed E-state index contributed by atoms with van der Waals surface area (Å²) in [7, 11) is -0.536. The molecule has 0 spiro atoms. The van der Waals surface area contributed by atoms with Crippen LogP contribution in [0.25, 0.3) is 10.8 Å².